The summed E-state index contributed by atoms with van der Waals surface area (Å²) in [6.07, 6.45) is 5.78. The van der Waals surface area contributed by atoms with E-state index in [4.69, 9.17) is 5.53 Å². The van der Waals surface area contributed by atoms with Gasteiger partial charge in [-0.1, -0.05) is 11.5 Å². The molecule has 1 saturated carbocycles. The highest BCUT2D eigenvalue weighted by Gasteiger charge is 2.20. The fraction of sp³-hybridized carbons (Fsp3) is 0.889. The van der Waals surface area contributed by atoms with Crippen LogP contribution in [0.2, 0.25) is 0 Å². The summed E-state index contributed by atoms with van der Waals surface area (Å²) in [5.74, 6) is 0.662. The van der Waals surface area contributed by atoms with Crippen LogP contribution in [-0.2, 0) is 4.79 Å². The molecule has 0 aromatic heterocycles. The average Bonchev–Trinajstić information content (AvgIpc) is 2.15. The van der Waals surface area contributed by atoms with Crippen LogP contribution >= 0.6 is 0 Å². The number of nitrogens with zero attached hydrogens (tertiary/aromatic N) is 3. The van der Waals surface area contributed by atoms with Gasteiger partial charge in [-0.25, -0.2) is 0 Å². The van der Waals surface area contributed by atoms with E-state index < -0.39 is 0 Å². The molecule has 4 heteroatoms. The smallest absolute Gasteiger partial charge is 0.135 e. The molecular formula is C9H15N3O. The minimum atomic E-state index is 0.252. The molecule has 0 aromatic carbocycles. The van der Waals surface area contributed by atoms with Gasteiger partial charge in [0.05, 0.1) is 0 Å². The SMILES string of the molecule is [N-]=[N+]=NCCC[C@H]1CCCCC1=O. The van der Waals surface area contributed by atoms with E-state index in [1.165, 1.54) is 6.42 Å². The van der Waals surface area contributed by atoms with Crippen molar-refractivity contribution in [3.8, 4) is 0 Å². The lowest BCUT2D eigenvalue weighted by molar-refractivity contribution is -0.124. The highest BCUT2D eigenvalue weighted by atomic mass is 16.1. The fourth-order valence-corrected chi connectivity index (χ4v) is 1.81. The molecule has 1 fully saturated rings. The number of carbonyl (C=O) groups excluding carboxylic acids is 1. The van der Waals surface area contributed by atoms with Gasteiger partial charge >= 0.3 is 0 Å². The zero-order valence-corrected chi connectivity index (χ0v) is 7.78. The number of Topliss-reactive ketones (excluding diaryl/α,β-unsaturated/α-hetero) is 1. The lowest BCUT2D eigenvalue weighted by Crippen LogP contribution is -2.18. The maximum Gasteiger partial charge on any atom is 0.135 e. The first kappa shape index (κ1) is 10.1. The molecule has 0 amide bonds. The number of ketones is 1. The van der Waals surface area contributed by atoms with Crippen molar-refractivity contribution in [2.45, 2.75) is 38.5 Å². The highest BCUT2D eigenvalue weighted by Crippen LogP contribution is 2.24. The third kappa shape index (κ3) is 3.47. The Balaban J connectivity index is 2.18. The highest BCUT2D eigenvalue weighted by molar-refractivity contribution is 5.81. The number of azide groups is 1. The van der Waals surface area contributed by atoms with Crippen LogP contribution in [0.4, 0.5) is 0 Å². The minimum Gasteiger partial charge on any atom is -0.299 e. The quantitative estimate of drug-likeness (QED) is 0.284. The van der Waals surface area contributed by atoms with Crippen LogP contribution in [0.25, 0.3) is 10.4 Å². The van der Waals surface area contributed by atoms with Crippen LogP contribution < -0.4 is 0 Å². The molecule has 0 unspecified atom stereocenters. The molecule has 13 heavy (non-hydrogen) atoms. The van der Waals surface area contributed by atoms with Gasteiger partial charge in [0.15, 0.2) is 0 Å². The summed E-state index contributed by atoms with van der Waals surface area (Å²) >= 11 is 0. The molecule has 0 saturated heterocycles. The van der Waals surface area contributed by atoms with Gasteiger partial charge in [0, 0.05) is 23.8 Å². The van der Waals surface area contributed by atoms with Crippen molar-refractivity contribution in [1.29, 1.82) is 0 Å². The van der Waals surface area contributed by atoms with E-state index in [1.807, 2.05) is 0 Å². The van der Waals surface area contributed by atoms with Crippen molar-refractivity contribution in [3.05, 3.63) is 10.4 Å². The summed E-state index contributed by atoms with van der Waals surface area (Å²) in [6.45, 7) is 0.528. The monoisotopic (exact) mass is 181 g/mol. The molecule has 0 aliphatic heterocycles. The summed E-state index contributed by atoms with van der Waals surface area (Å²) < 4.78 is 0. The van der Waals surface area contributed by atoms with Gasteiger partial charge in [-0.3, -0.25) is 4.79 Å². The third-order valence-electron chi connectivity index (χ3n) is 2.56. The van der Waals surface area contributed by atoms with Crippen molar-refractivity contribution < 1.29 is 4.79 Å². The Kier molecular flexibility index (Phi) is 4.33. The molecule has 72 valence electrons. The Morgan fingerprint density at radius 3 is 3.08 bits per heavy atom. The van der Waals surface area contributed by atoms with Gasteiger partial charge in [0.25, 0.3) is 0 Å². The second kappa shape index (κ2) is 5.60. The Labute approximate surface area is 77.9 Å². The third-order valence-corrected chi connectivity index (χ3v) is 2.56. The van der Waals surface area contributed by atoms with Crippen molar-refractivity contribution in [1.82, 2.24) is 0 Å². The number of hydrogen-bond donors (Lipinski definition) is 0. The van der Waals surface area contributed by atoms with Gasteiger partial charge in [-0.05, 0) is 31.2 Å². The van der Waals surface area contributed by atoms with E-state index in [0.29, 0.717) is 12.3 Å². The van der Waals surface area contributed by atoms with E-state index in [-0.39, 0.29) is 5.92 Å². The molecule has 0 bridgehead atoms. The van der Waals surface area contributed by atoms with E-state index in [9.17, 15) is 4.79 Å². The molecule has 1 rings (SSSR count). The second-order valence-corrected chi connectivity index (χ2v) is 3.51. The van der Waals surface area contributed by atoms with Gasteiger partial charge in [0.1, 0.15) is 5.78 Å². The zero-order valence-electron chi connectivity index (χ0n) is 7.78. The predicted octanol–water partition coefficient (Wildman–Crippen LogP) is 2.84. The topological polar surface area (TPSA) is 65.8 Å². The van der Waals surface area contributed by atoms with Gasteiger partial charge in [-0.2, -0.15) is 0 Å². The molecule has 4 nitrogen and oxygen atoms in total. The maximum absolute atomic E-state index is 11.4. The second-order valence-electron chi connectivity index (χ2n) is 3.51. The van der Waals surface area contributed by atoms with Crippen LogP contribution in [0, 0.1) is 5.92 Å². The van der Waals surface area contributed by atoms with E-state index in [2.05, 4.69) is 10.0 Å². The number of carbonyl (C=O) groups is 1. The van der Waals surface area contributed by atoms with Gasteiger partial charge in [-0.15, -0.1) is 0 Å². The molecule has 1 aliphatic carbocycles. The van der Waals surface area contributed by atoms with Crippen LogP contribution in [0.5, 0.6) is 0 Å². The standard InChI is InChI=1S/C9H15N3O/c10-12-11-7-3-5-8-4-1-2-6-9(8)13/h8H,1-7H2/t8-/m1/s1. The molecule has 0 spiro atoms. The Hall–Kier alpha value is -1.02. The summed E-state index contributed by atoms with van der Waals surface area (Å²) in [5, 5.41) is 3.45. The number of rotatable bonds is 4. The van der Waals surface area contributed by atoms with Crippen molar-refractivity contribution in [3.63, 3.8) is 0 Å². The first-order chi connectivity index (χ1) is 6.34. The molecule has 0 radical (unpaired) electrons. The summed E-state index contributed by atoms with van der Waals surface area (Å²) in [7, 11) is 0. The molecular weight excluding hydrogens is 166 g/mol. The minimum absolute atomic E-state index is 0.252. The zero-order chi connectivity index (χ0) is 9.52. The Morgan fingerprint density at radius 1 is 1.54 bits per heavy atom. The molecule has 1 aliphatic rings. The van der Waals surface area contributed by atoms with Crippen molar-refractivity contribution in [2.24, 2.45) is 11.0 Å². The lowest BCUT2D eigenvalue weighted by Gasteiger charge is -2.19. The van der Waals surface area contributed by atoms with Crippen molar-refractivity contribution in [2.75, 3.05) is 6.54 Å². The Bertz CT molecular complexity index is 221. The molecule has 1 atom stereocenters. The average molecular weight is 181 g/mol. The first-order valence-corrected chi connectivity index (χ1v) is 4.88. The summed E-state index contributed by atoms with van der Waals surface area (Å²) in [6, 6.07) is 0. The van der Waals surface area contributed by atoms with E-state index >= 15 is 0 Å². The number of hydrogen-bond acceptors (Lipinski definition) is 2. The van der Waals surface area contributed by atoms with Crippen LogP contribution in [0.15, 0.2) is 5.11 Å². The summed E-state index contributed by atoms with van der Waals surface area (Å²) in [5.41, 5.74) is 8.05. The Morgan fingerprint density at radius 2 is 2.38 bits per heavy atom. The summed E-state index contributed by atoms with van der Waals surface area (Å²) in [4.78, 5) is 14.0. The van der Waals surface area contributed by atoms with Gasteiger partial charge in [0.2, 0.25) is 0 Å². The van der Waals surface area contributed by atoms with Crippen LogP contribution in [-0.4, -0.2) is 12.3 Å². The lowest BCUT2D eigenvalue weighted by atomic mass is 9.85. The predicted molar refractivity (Wildman–Crippen MR) is 50.2 cm³/mol. The van der Waals surface area contributed by atoms with E-state index in [0.717, 1.165) is 32.1 Å². The normalized spacial score (nSPS) is 22.5. The van der Waals surface area contributed by atoms with Crippen molar-refractivity contribution >= 4 is 5.78 Å². The molecule has 0 N–H and O–H groups in total. The largest absolute Gasteiger partial charge is 0.299 e. The van der Waals surface area contributed by atoms with Crippen LogP contribution in [0.3, 0.4) is 0 Å². The van der Waals surface area contributed by atoms with E-state index in [1.54, 1.807) is 0 Å². The maximum atomic E-state index is 11.4. The fourth-order valence-electron chi connectivity index (χ4n) is 1.81. The molecule has 0 aromatic rings. The van der Waals surface area contributed by atoms with Gasteiger partial charge < -0.3 is 0 Å². The van der Waals surface area contributed by atoms with Crippen LogP contribution in [0.1, 0.15) is 38.5 Å². The first-order valence-electron chi connectivity index (χ1n) is 4.88. The molecule has 0 heterocycles.